The maximum Gasteiger partial charge on any atom is 0.200 e. The molecule has 1 atom stereocenters. The molecule has 2 aromatic heterocycles. The molecule has 0 aliphatic heterocycles. The minimum atomic E-state index is -0.279. The Morgan fingerprint density at radius 3 is 2.58 bits per heavy atom. The molecule has 0 saturated carbocycles. The van der Waals surface area contributed by atoms with Gasteiger partial charge in [0.2, 0.25) is 0 Å². The van der Waals surface area contributed by atoms with Crippen LogP contribution in [0.4, 0.5) is 10.2 Å². The van der Waals surface area contributed by atoms with Crippen molar-refractivity contribution in [1.82, 2.24) is 25.3 Å². The van der Waals surface area contributed by atoms with Crippen LogP contribution in [0.5, 0.6) is 0 Å². The van der Waals surface area contributed by atoms with Gasteiger partial charge in [0, 0.05) is 0 Å². The Bertz CT molecular complexity index is 969. The molecule has 2 aromatic carbocycles. The number of fused-ring (bicyclic) bond motifs is 1. The van der Waals surface area contributed by atoms with Gasteiger partial charge in [-0.05, 0) is 45.8 Å². The molecule has 0 aliphatic rings. The largest absolute Gasteiger partial charge is 0.358 e. The number of nitrogens with one attached hydrogen (secondary N) is 1. The van der Waals surface area contributed by atoms with Crippen LogP contribution in [-0.4, -0.2) is 25.3 Å². The van der Waals surface area contributed by atoms with Gasteiger partial charge in [-0.15, -0.1) is 14.8 Å². The molecular formula is C17H13FN6. The fourth-order valence-corrected chi connectivity index (χ4v) is 2.57. The lowest BCUT2D eigenvalue weighted by Gasteiger charge is -2.20. The summed E-state index contributed by atoms with van der Waals surface area (Å²) >= 11 is 0. The van der Waals surface area contributed by atoms with E-state index in [1.807, 2.05) is 36.4 Å². The van der Waals surface area contributed by atoms with Crippen LogP contribution in [0.25, 0.3) is 5.65 Å². The van der Waals surface area contributed by atoms with Crippen molar-refractivity contribution in [3.63, 3.8) is 0 Å². The van der Waals surface area contributed by atoms with Crippen molar-refractivity contribution in [1.29, 1.82) is 0 Å². The first-order valence-corrected chi connectivity index (χ1v) is 7.42. The van der Waals surface area contributed by atoms with Crippen LogP contribution in [-0.2, 0) is 0 Å². The minimum absolute atomic E-state index is 0.247. The molecule has 7 heteroatoms. The molecule has 6 nitrogen and oxygen atoms in total. The van der Waals surface area contributed by atoms with Crippen molar-refractivity contribution < 1.29 is 4.39 Å². The summed E-state index contributed by atoms with van der Waals surface area (Å²) in [4.78, 5) is 0. The average molecular weight is 320 g/mol. The molecule has 0 aliphatic carbocycles. The summed E-state index contributed by atoms with van der Waals surface area (Å²) in [6, 6.07) is 19.6. The molecule has 4 aromatic rings. The summed E-state index contributed by atoms with van der Waals surface area (Å²) < 4.78 is 15.0. The Hall–Kier alpha value is -3.35. The highest BCUT2D eigenvalue weighted by Gasteiger charge is 2.15. The molecule has 4 rings (SSSR count). The first-order valence-electron chi connectivity index (χ1n) is 7.42. The van der Waals surface area contributed by atoms with Gasteiger partial charge >= 0.3 is 0 Å². The third kappa shape index (κ3) is 2.79. The standard InChI is InChI=1S/C17H13FN6/c18-14-8-4-7-13(11-14)17(12-5-2-1-3-6-12)19-15-9-10-16-20-22-23-24(16)21-15/h1-11,17H,(H,19,21). The Labute approximate surface area is 136 Å². The summed E-state index contributed by atoms with van der Waals surface area (Å²) in [6.45, 7) is 0. The third-order valence-corrected chi connectivity index (χ3v) is 3.68. The molecule has 0 fully saturated rings. The summed E-state index contributed by atoms with van der Waals surface area (Å²) in [7, 11) is 0. The van der Waals surface area contributed by atoms with Gasteiger partial charge < -0.3 is 5.32 Å². The third-order valence-electron chi connectivity index (χ3n) is 3.68. The topological polar surface area (TPSA) is 68.0 Å². The predicted molar refractivity (Wildman–Crippen MR) is 86.9 cm³/mol. The second kappa shape index (κ2) is 6.04. The van der Waals surface area contributed by atoms with Gasteiger partial charge in [0.05, 0.1) is 6.04 Å². The van der Waals surface area contributed by atoms with Gasteiger partial charge in [0.1, 0.15) is 11.6 Å². The quantitative estimate of drug-likeness (QED) is 0.626. The molecule has 24 heavy (non-hydrogen) atoms. The number of halogens is 1. The van der Waals surface area contributed by atoms with Crippen molar-refractivity contribution >= 4 is 11.5 Å². The average Bonchev–Trinajstić information content (AvgIpc) is 3.08. The van der Waals surface area contributed by atoms with E-state index in [4.69, 9.17) is 0 Å². The van der Waals surface area contributed by atoms with Gasteiger partial charge in [-0.25, -0.2) is 4.39 Å². The van der Waals surface area contributed by atoms with E-state index in [2.05, 4.69) is 25.9 Å². The van der Waals surface area contributed by atoms with E-state index in [0.29, 0.717) is 11.5 Å². The van der Waals surface area contributed by atoms with Crippen LogP contribution < -0.4 is 5.32 Å². The summed E-state index contributed by atoms with van der Waals surface area (Å²) in [5, 5.41) is 18.8. The molecule has 0 spiro atoms. The predicted octanol–water partition coefficient (Wildman–Crippen LogP) is 2.86. The van der Waals surface area contributed by atoms with E-state index in [1.54, 1.807) is 18.2 Å². The minimum Gasteiger partial charge on any atom is -0.358 e. The maximum absolute atomic E-state index is 13.7. The van der Waals surface area contributed by atoms with Gasteiger partial charge in [0.25, 0.3) is 0 Å². The lowest BCUT2D eigenvalue weighted by Crippen LogP contribution is -2.14. The van der Waals surface area contributed by atoms with E-state index in [-0.39, 0.29) is 11.9 Å². The van der Waals surface area contributed by atoms with Crippen LogP contribution in [0.15, 0.2) is 66.7 Å². The number of anilines is 1. The van der Waals surface area contributed by atoms with Crippen molar-refractivity contribution in [2.75, 3.05) is 5.32 Å². The van der Waals surface area contributed by atoms with Crippen LogP contribution in [0, 0.1) is 5.82 Å². The zero-order chi connectivity index (χ0) is 16.4. The highest BCUT2D eigenvalue weighted by molar-refractivity contribution is 5.47. The number of benzene rings is 2. The molecular weight excluding hydrogens is 307 g/mol. The van der Waals surface area contributed by atoms with Crippen molar-refractivity contribution in [2.45, 2.75) is 6.04 Å². The van der Waals surface area contributed by atoms with E-state index in [1.165, 1.54) is 16.8 Å². The highest BCUT2D eigenvalue weighted by atomic mass is 19.1. The Kier molecular flexibility index (Phi) is 3.59. The van der Waals surface area contributed by atoms with E-state index >= 15 is 0 Å². The SMILES string of the molecule is Fc1cccc(C(Nc2ccc3nnnn3n2)c2ccccc2)c1. The monoisotopic (exact) mass is 320 g/mol. The normalized spacial score (nSPS) is 12.2. The van der Waals surface area contributed by atoms with Crippen LogP contribution >= 0.6 is 0 Å². The number of nitrogens with zero attached hydrogens (tertiary/aromatic N) is 5. The maximum atomic E-state index is 13.7. The second-order valence-corrected chi connectivity index (χ2v) is 5.29. The first kappa shape index (κ1) is 14.3. The first-order chi connectivity index (χ1) is 11.8. The zero-order valence-electron chi connectivity index (χ0n) is 12.5. The molecule has 0 radical (unpaired) electrons. The fourth-order valence-electron chi connectivity index (χ4n) is 2.57. The number of hydrogen-bond acceptors (Lipinski definition) is 5. The van der Waals surface area contributed by atoms with E-state index in [9.17, 15) is 4.39 Å². The summed E-state index contributed by atoms with van der Waals surface area (Å²) in [6.07, 6.45) is 0. The van der Waals surface area contributed by atoms with Gasteiger partial charge in [0.15, 0.2) is 5.65 Å². The van der Waals surface area contributed by atoms with Crippen LogP contribution in [0.1, 0.15) is 17.2 Å². The molecule has 1 N–H and O–H groups in total. The molecule has 0 saturated heterocycles. The van der Waals surface area contributed by atoms with Gasteiger partial charge in [-0.3, -0.25) is 0 Å². The Morgan fingerprint density at radius 1 is 0.917 bits per heavy atom. The molecule has 0 bridgehead atoms. The molecule has 0 amide bonds. The molecule has 2 heterocycles. The van der Waals surface area contributed by atoms with Crippen LogP contribution in [0.3, 0.4) is 0 Å². The zero-order valence-corrected chi connectivity index (χ0v) is 12.5. The number of hydrogen-bond donors (Lipinski definition) is 1. The van der Waals surface area contributed by atoms with Crippen molar-refractivity contribution in [3.05, 3.63) is 83.7 Å². The number of aromatic nitrogens is 5. The van der Waals surface area contributed by atoms with Crippen molar-refractivity contribution in [2.24, 2.45) is 0 Å². The van der Waals surface area contributed by atoms with E-state index in [0.717, 1.165) is 11.1 Å². The summed E-state index contributed by atoms with van der Waals surface area (Å²) in [5.74, 6) is 0.312. The van der Waals surface area contributed by atoms with E-state index < -0.39 is 0 Å². The number of rotatable bonds is 4. The Morgan fingerprint density at radius 2 is 1.75 bits per heavy atom. The van der Waals surface area contributed by atoms with Gasteiger partial charge in [-0.2, -0.15) is 0 Å². The Balaban J connectivity index is 1.74. The van der Waals surface area contributed by atoms with Crippen molar-refractivity contribution in [3.8, 4) is 0 Å². The lowest BCUT2D eigenvalue weighted by atomic mass is 9.98. The highest BCUT2D eigenvalue weighted by Crippen LogP contribution is 2.26. The molecule has 1 unspecified atom stereocenters. The lowest BCUT2D eigenvalue weighted by molar-refractivity contribution is 0.624. The van der Waals surface area contributed by atoms with Gasteiger partial charge in [-0.1, -0.05) is 42.5 Å². The summed E-state index contributed by atoms with van der Waals surface area (Å²) in [5.41, 5.74) is 2.36. The smallest absolute Gasteiger partial charge is 0.200 e. The number of tetrazole rings is 1. The van der Waals surface area contributed by atoms with Crippen LogP contribution in [0.2, 0.25) is 0 Å². The fraction of sp³-hybridized carbons (Fsp3) is 0.0588. The second-order valence-electron chi connectivity index (χ2n) is 5.29. The molecule has 118 valence electrons.